The fraction of sp³-hybridized carbons (Fsp3) is 0.167. The third-order valence-corrected chi connectivity index (χ3v) is 5.41. The fourth-order valence-electron chi connectivity index (χ4n) is 1.58. The monoisotopic (exact) mass is 327 g/mol. The maximum absolute atomic E-state index is 12.4. The highest BCUT2D eigenvalue weighted by Crippen LogP contribution is 2.17. The van der Waals surface area contributed by atoms with Crippen molar-refractivity contribution >= 4 is 38.6 Å². The summed E-state index contributed by atoms with van der Waals surface area (Å²) < 4.78 is 26.0. The average molecular weight is 327 g/mol. The predicted octanol–water partition coefficient (Wildman–Crippen LogP) is 1.60. The first kappa shape index (κ1) is 15.0. The van der Waals surface area contributed by atoms with Gasteiger partial charge in [0.05, 0.1) is 5.69 Å². The lowest BCUT2D eigenvalue weighted by Crippen LogP contribution is -2.26. The Labute approximate surface area is 127 Å². The Bertz CT molecular complexity index is 694. The van der Waals surface area contributed by atoms with E-state index < -0.39 is 10.0 Å². The van der Waals surface area contributed by atoms with Gasteiger partial charge in [-0.2, -0.15) is 15.6 Å². The van der Waals surface area contributed by atoms with Gasteiger partial charge in [0.2, 0.25) is 10.0 Å². The minimum atomic E-state index is -3.57. The molecule has 0 saturated carbocycles. The van der Waals surface area contributed by atoms with E-state index in [1.165, 1.54) is 41.0 Å². The van der Waals surface area contributed by atoms with Crippen molar-refractivity contribution in [1.82, 2.24) is 9.29 Å². The van der Waals surface area contributed by atoms with Crippen LogP contribution in [-0.4, -0.2) is 29.7 Å². The summed E-state index contributed by atoms with van der Waals surface area (Å²) in [5.74, 6) is 0. The van der Waals surface area contributed by atoms with E-state index in [1.807, 2.05) is 16.8 Å². The quantitative estimate of drug-likeness (QED) is 0.844. The van der Waals surface area contributed by atoms with E-state index in [1.54, 1.807) is 0 Å². The number of aromatic nitrogens is 1. The Morgan fingerprint density at radius 1 is 1.45 bits per heavy atom. The maximum Gasteiger partial charge on any atom is 0.244 e. The SMILES string of the molecule is CN(Cc1ccsc1)S(=O)(=O)c1ccc(C(N)=S)nc1. The Balaban J connectivity index is 2.23. The fourth-order valence-corrected chi connectivity index (χ4v) is 3.47. The molecule has 2 aromatic rings. The Morgan fingerprint density at radius 3 is 2.70 bits per heavy atom. The number of hydrogen-bond donors (Lipinski definition) is 1. The third kappa shape index (κ3) is 3.21. The van der Waals surface area contributed by atoms with Gasteiger partial charge in [0.25, 0.3) is 0 Å². The molecule has 0 aromatic carbocycles. The summed E-state index contributed by atoms with van der Waals surface area (Å²) in [6.45, 7) is 0.322. The highest BCUT2D eigenvalue weighted by Gasteiger charge is 2.21. The summed E-state index contributed by atoms with van der Waals surface area (Å²) >= 11 is 6.31. The number of thiocarbonyl (C=S) groups is 1. The average Bonchev–Trinajstić information content (AvgIpc) is 2.91. The predicted molar refractivity (Wildman–Crippen MR) is 83.1 cm³/mol. The van der Waals surface area contributed by atoms with Gasteiger partial charge in [-0.1, -0.05) is 12.2 Å². The molecule has 2 rings (SSSR count). The van der Waals surface area contributed by atoms with Crippen LogP contribution in [-0.2, 0) is 16.6 Å². The van der Waals surface area contributed by atoms with Crippen LogP contribution in [0.2, 0.25) is 0 Å². The van der Waals surface area contributed by atoms with Crippen molar-refractivity contribution in [3.63, 3.8) is 0 Å². The first-order chi connectivity index (χ1) is 9.41. The molecule has 0 aliphatic carbocycles. The maximum atomic E-state index is 12.4. The summed E-state index contributed by atoms with van der Waals surface area (Å²) in [5.41, 5.74) is 6.79. The number of sulfonamides is 1. The van der Waals surface area contributed by atoms with E-state index in [0.717, 1.165) is 5.56 Å². The Morgan fingerprint density at radius 2 is 2.20 bits per heavy atom. The van der Waals surface area contributed by atoms with Crippen molar-refractivity contribution in [3.05, 3.63) is 46.4 Å². The van der Waals surface area contributed by atoms with Crippen molar-refractivity contribution in [3.8, 4) is 0 Å². The molecule has 0 saturated heterocycles. The topological polar surface area (TPSA) is 76.3 Å². The molecule has 0 atom stereocenters. The number of nitrogens with two attached hydrogens (primary N) is 1. The van der Waals surface area contributed by atoms with E-state index in [4.69, 9.17) is 18.0 Å². The van der Waals surface area contributed by atoms with Crippen molar-refractivity contribution in [2.45, 2.75) is 11.4 Å². The standard InChI is InChI=1S/C12H13N3O2S3/c1-15(7-9-4-5-19-8-9)20(16,17)10-2-3-11(12(13)18)14-6-10/h2-6,8H,7H2,1H3,(H2,13,18). The van der Waals surface area contributed by atoms with Crippen LogP contribution in [0.25, 0.3) is 0 Å². The van der Waals surface area contributed by atoms with Gasteiger partial charge in [0.15, 0.2) is 0 Å². The lowest BCUT2D eigenvalue weighted by Gasteiger charge is -2.16. The highest BCUT2D eigenvalue weighted by molar-refractivity contribution is 7.89. The molecule has 2 aromatic heterocycles. The molecular formula is C12H13N3O2S3. The molecule has 0 spiro atoms. The number of rotatable bonds is 5. The Kier molecular flexibility index (Phi) is 4.48. The number of hydrogen-bond acceptors (Lipinski definition) is 5. The molecule has 0 fully saturated rings. The zero-order valence-electron chi connectivity index (χ0n) is 10.7. The van der Waals surface area contributed by atoms with E-state index in [0.29, 0.717) is 12.2 Å². The molecule has 0 amide bonds. The lowest BCUT2D eigenvalue weighted by atomic mass is 10.3. The minimum Gasteiger partial charge on any atom is -0.388 e. The smallest absolute Gasteiger partial charge is 0.244 e. The van der Waals surface area contributed by atoms with Gasteiger partial charge < -0.3 is 5.73 Å². The second-order valence-corrected chi connectivity index (χ2v) is 7.40. The van der Waals surface area contributed by atoms with Crippen LogP contribution in [0.15, 0.2) is 40.1 Å². The summed E-state index contributed by atoms with van der Waals surface area (Å²) in [6, 6.07) is 4.86. The second kappa shape index (κ2) is 5.96. The van der Waals surface area contributed by atoms with Crippen LogP contribution in [0.5, 0.6) is 0 Å². The van der Waals surface area contributed by atoms with Gasteiger partial charge in [0.1, 0.15) is 9.88 Å². The normalized spacial score (nSPS) is 11.7. The number of pyridine rings is 1. The lowest BCUT2D eigenvalue weighted by molar-refractivity contribution is 0.467. The molecule has 5 nitrogen and oxygen atoms in total. The molecular weight excluding hydrogens is 314 g/mol. The molecule has 0 unspecified atom stereocenters. The van der Waals surface area contributed by atoms with E-state index in [-0.39, 0.29) is 9.88 Å². The first-order valence-electron chi connectivity index (χ1n) is 5.64. The van der Waals surface area contributed by atoms with Crippen molar-refractivity contribution in [2.75, 3.05) is 7.05 Å². The zero-order valence-corrected chi connectivity index (χ0v) is 13.1. The largest absolute Gasteiger partial charge is 0.388 e. The van der Waals surface area contributed by atoms with Gasteiger partial charge in [-0.25, -0.2) is 8.42 Å². The minimum absolute atomic E-state index is 0.121. The molecule has 8 heteroatoms. The summed E-state index contributed by atoms with van der Waals surface area (Å²) in [5, 5.41) is 3.83. The molecule has 20 heavy (non-hydrogen) atoms. The van der Waals surface area contributed by atoms with E-state index in [9.17, 15) is 8.42 Å². The van der Waals surface area contributed by atoms with Crippen LogP contribution >= 0.6 is 23.6 Å². The van der Waals surface area contributed by atoms with Crippen LogP contribution in [0.3, 0.4) is 0 Å². The van der Waals surface area contributed by atoms with E-state index >= 15 is 0 Å². The van der Waals surface area contributed by atoms with Gasteiger partial charge in [-0.15, -0.1) is 0 Å². The zero-order chi connectivity index (χ0) is 14.8. The number of thiophene rings is 1. The third-order valence-electron chi connectivity index (χ3n) is 2.68. The van der Waals surface area contributed by atoms with Crippen LogP contribution in [0.4, 0.5) is 0 Å². The van der Waals surface area contributed by atoms with Crippen LogP contribution < -0.4 is 5.73 Å². The molecule has 2 heterocycles. The molecule has 0 radical (unpaired) electrons. The first-order valence-corrected chi connectivity index (χ1v) is 8.43. The van der Waals surface area contributed by atoms with Gasteiger partial charge >= 0.3 is 0 Å². The molecule has 0 aliphatic rings. The molecule has 106 valence electrons. The van der Waals surface area contributed by atoms with Crippen LogP contribution in [0, 0.1) is 0 Å². The van der Waals surface area contributed by atoms with Gasteiger partial charge in [-0.05, 0) is 34.5 Å². The second-order valence-electron chi connectivity index (χ2n) is 4.14. The van der Waals surface area contributed by atoms with Crippen molar-refractivity contribution in [1.29, 1.82) is 0 Å². The number of nitrogens with zero attached hydrogens (tertiary/aromatic N) is 2. The molecule has 0 aliphatic heterocycles. The highest BCUT2D eigenvalue weighted by atomic mass is 32.2. The summed E-state index contributed by atoms with van der Waals surface area (Å²) in [4.78, 5) is 4.21. The van der Waals surface area contributed by atoms with E-state index in [2.05, 4.69) is 4.98 Å². The Hall–Kier alpha value is -1.35. The van der Waals surface area contributed by atoms with Crippen LogP contribution in [0.1, 0.15) is 11.3 Å². The molecule has 0 bridgehead atoms. The molecule has 2 N–H and O–H groups in total. The van der Waals surface area contributed by atoms with Gasteiger partial charge in [-0.3, -0.25) is 4.98 Å². The summed E-state index contributed by atoms with van der Waals surface area (Å²) in [6.07, 6.45) is 1.27. The van der Waals surface area contributed by atoms with Crippen molar-refractivity contribution < 1.29 is 8.42 Å². The van der Waals surface area contributed by atoms with Crippen molar-refractivity contribution in [2.24, 2.45) is 5.73 Å². The summed E-state index contributed by atoms with van der Waals surface area (Å²) in [7, 11) is -2.03. The van der Waals surface area contributed by atoms with Gasteiger partial charge in [0, 0.05) is 19.8 Å².